The molecule has 1 unspecified atom stereocenters. The molecule has 1 aromatic heterocycles. The SMILES string of the molecule is CCOc1ccc(NC2=NCC(c3ccco3)N2)cc1. The van der Waals surface area contributed by atoms with Crippen LogP contribution < -0.4 is 15.4 Å². The molecule has 0 saturated heterocycles. The number of rotatable bonds is 4. The van der Waals surface area contributed by atoms with E-state index in [0.717, 1.165) is 23.2 Å². The van der Waals surface area contributed by atoms with E-state index in [0.29, 0.717) is 13.2 Å². The number of aliphatic imine (C=N–C) groups is 1. The van der Waals surface area contributed by atoms with Crippen LogP contribution in [0.3, 0.4) is 0 Å². The Morgan fingerprint density at radius 2 is 2.20 bits per heavy atom. The number of nitrogens with one attached hydrogen (secondary N) is 2. The molecule has 0 fully saturated rings. The number of nitrogens with zero attached hydrogens (tertiary/aromatic N) is 1. The molecule has 104 valence electrons. The maximum Gasteiger partial charge on any atom is 0.196 e. The van der Waals surface area contributed by atoms with E-state index in [1.807, 2.05) is 43.3 Å². The van der Waals surface area contributed by atoms with Crippen LogP contribution >= 0.6 is 0 Å². The van der Waals surface area contributed by atoms with Crippen molar-refractivity contribution in [3.63, 3.8) is 0 Å². The van der Waals surface area contributed by atoms with E-state index >= 15 is 0 Å². The van der Waals surface area contributed by atoms with Crippen LogP contribution in [0, 0.1) is 0 Å². The fourth-order valence-corrected chi connectivity index (χ4v) is 2.10. The van der Waals surface area contributed by atoms with Crippen LogP contribution in [0.4, 0.5) is 5.69 Å². The first kappa shape index (κ1) is 12.6. The van der Waals surface area contributed by atoms with Gasteiger partial charge < -0.3 is 19.8 Å². The van der Waals surface area contributed by atoms with Crippen molar-refractivity contribution in [1.82, 2.24) is 5.32 Å². The standard InChI is InChI=1S/C15H17N3O2/c1-2-19-12-7-5-11(6-8-12)17-15-16-10-13(18-15)14-4-3-9-20-14/h3-9,13H,2,10H2,1H3,(H2,16,17,18). The van der Waals surface area contributed by atoms with E-state index in [9.17, 15) is 0 Å². The summed E-state index contributed by atoms with van der Waals surface area (Å²) in [6.45, 7) is 3.32. The van der Waals surface area contributed by atoms with Crippen LogP contribution in [0.1, 0.15) is 18.7 Å². The van der Waals surface area contributed by atoms with Crippen molar-refractivity contribution < 1.29 is 9.15 Å². The predicted octanol–water partition coefficient (Wildman–Crippen LogP) is 2.79. The first-order valence-corrected chi connectivity index (χ1v) is 6.69. The smallest absolute Gasteiger partial charge is 0.196 e. The molecule has 5 nitrogen and oxygen atoms in total. The number of hydrogen-bond acceptors (Lipinski definition) is 5. The van der Waals surface area contributed by atoms with E-state index in [2.05, 4.69) is 15.6 Å². The van der Waals surface area contributed by atoms with Crippen LogP contribution in [0.2, 0.25) is 0 Å². The lowest BCUT2D eigenvalue weighted by molar-refractivity contribution is 0.340. The van der Waals surface area contributed by atoms with E-state index in [4.69, 9.17) is 9.15 Å². The predicted molar refractivity (Wildman–Crippen MR) is 78.1 cm³/mol. The van der Waals surface area contributed by atoms with Gasteiger partial charge >= 0.3 is 0 Å². The second kappa shape index (κ2) is 5.69. The Balaban J connectivity index is 1.59. The summed E-state index contributed by atoms with van der Waals surface area (Å²) in [4.78, 5) is 4.43. The Kier molecular flexibility index (Phi) is 3.58. The second-order valence-electron chi connectivity index (χ2n) is 4.48. The van der Waals surface area contributed by atoms with Gasteiger partial charge in [0.25, 0.3) is 0 Å². The molecular weight excluding hydrogens is 254 g/mol. The van der Waals surface area contributed by atoms with Crippen molar-refractivity contribution in [2.24, 2.45) is 4.99 Å². The molecule has 5 heteroatoms. The van der Waals surface area contributed by atoms with Crippen LogP contribution in [0.25, 0.3) is 0 Å². The van der Waals surface area contributed by atoms with Gasteiger partial charge in [-0.15, -0.1) is 0 Å². The monoisotopic (exact) mass is 271 g/mol. The van der Waals surface area contributed by atoms with Crippen LogP contribution in [0.5, 0.6) is 5.75 Å². The Bertz CT molecular complexity index is 576. The minimum atomic E-state index is 0.107. The zero-order valence-corrected chi connectivity index (χ0v) is 11.3. The summed E-state index contributed by atoms with van der Waals surface area (Å²) in [5.74, 6) is 2.53. The van der Waals surface area contributed by atoms with Crippen molar-refractivity contribution in [1.29, 1.82) is 0 Å². The summed E-state index contributed by atoms with van der Waals surface area (Å²) in [5.41, 5.74) is 0.972. The van der Waals surface area contributed by atoms with Crippen LogP contribution in [-0.4, -0.2) is 19.1 Å². The van der Waals surface area contributed by atoms with Crippen molar-refractivity contribution in [3.8, 4) is 5.75 Å². The summed E-state index contributed by atoms with van der Waals surface area (Å²) in [6.07, 6.45) is 1.68. The number of guanidine groups is 1. The van der Waals surface area contributed by atoms with Gasteiger partial charge in [0.05, 0.1) is 19.4 Å². The Labute approximate surface area is 117 Å². The summed E-state index contributed by atoms with van der Waals surface area (Å²) >= 11 is 0. The van der Waals surface area contributed by atoms with E-state index in [1.54, 1.807) is 6.26 Å². The molecule has 1 aliphatic heterocycles. The molecule has 0 amide bonds. The fraction of sp³-hybridized carbons (Fsp3) is 0.267. The number of furan rings is 1. The molecule has 2 aromatic rings. The first-order chi connectivity index (χ1) is 9.85. The van der Waals surface area contributed by atoms with Crippen molar-refractivity contribution in [2.75, 3.05) is 18.5 Å². The highest BCUT2D eigenvalue weighted by Crippen LogP contribution is 2.19. The number of benzene rings is 1. The van der Waals surface area contributed by atoms with Gasteiger partial charge in [0.1, 0.15) is 17.6 Å². The summed E-state index contributed by atoms with van der Waals surface area (Å²) in [7, 11) is 0. The Morgan fingerprint density at radius 3 is 2.90 bits per heavy atom. The zero-order valence-electron chi connectivity index (χ0n) is 11.3. The van der Waals surface area contributed by atoms with Crippen LogP contribution in [-0.2, 0) is 0 Å². The first-order valence-electron chi connectivity index (χ1n) is 6.69. The Hall–Kier alpha value is -2.43. The molecule has 0 saturated carbocycles. The zero-order chi connectivity index (χ0) is 13.8. The Morgan fingerprint density at radius 1 is 1.35 bits per heavy atom. The fourth-order valence-electron chi connectivity index (χ4n) is 2.10. The highest BCUT2D eigenvalue weighted by molar-refractivity contribution is 5.95. The van der Waals surface area contributed by atoms with Gasteiger partial charge in [-0.1, -0.05) is 0 Å². The van der Waals surface area contributed by atoms with Gasteiger partial charge in [-0.25, -0.2) is 0 Å². The summed E-state index contributed by atoms with van der Waals surface area (Å²) in [5, 5.41) is 6.54. The summed E-state index contributed by atoms with van der Waals surface area (Å²) < 4.78 is 10.8. The third-order valence-corrected chi connectivity index (χ3v) is 3.06. The van der Waals surface area contributed by atoms with Crippen molar-refractivity contribution >= 4 is 11.6 Å². The second-order valence-corrected chi connectivity index (χ2v) is 4.48. The third-order valence-electron chi connectivity index (χ3n) is 3.06. The van der Waals surface area contributed by atoms with Crippen molar-refractivity contribution in [2.45, 2.75) is 13.0 Å². The molecule has 1 atom stereocenters. The molecule has 0 spiro atoms. The molecule has 0 radical (unpaired) electrons. The molecule has 20 heavy (non-hydrogen) atoms. The van der Waals surface area contributed by atoms with Gasteiger partial charge in [0, 0.05) is 5.69 Å². The van der Waals surface area contributed by atoms with E-state index in [1.165, 1.54) is 0 Å². The molecule has 0 aliphatic carbocycles. The lowest BCUT2D eigenvalue weighted by Gasteiger charge is -2.11. The summed E-state index contributed by atoms with van der Waals surface area (Å²) in [6, 6.07) is 11.7. The van der Waals surface area contributed by atoms with Gasteiger partial charge in [0.15, 0.2) is 5.96 Å². The van der Waals surface area contributed by atoms with Gasteiger partial charge in [0.2, 0.25) is 0 Å². The quantitative estimate of drug-likeness (QED) is 0.897. The number of ether oxygens (including phenoxy) is 1. The molecule has 0 bridgehead atoms. The largest absolute Gasteiger partial charge is 0.494 e. The minimum absolute atomic E-state index is 0.107. The van der Waals surface area contributed by atoms with Gasteiger partial charge in [-0.2, -0.15) is 0 Å². The van der Waals surface area contributed by atoms with E-state index < -0.39 is 0 Å². The number of hydrogen-bond donors (Lipinski definition) is 2. The maximum atomic E-state index is 5.41. The number of anilines is 1. The minimum Gasteiger partial charge on any atom is -0.494 e. The molecule has 2 N–H and O–H groups in total. The molecule has 1 aliphatic rings. The van der Waals surface area contributed by atoms with E-state index in [-0.39, 0.29) is 6.04 Å². The maximum absolute atomic E-state index is 5.41. The third kappa shape index (κ3) is 2.77. The lowest BCUT2D eigenvalue weighted by atomic mass is 10.2. The average molecular weight is 271 g/mol. The van der Waals surface area contributed by atoms with Crippen LogP contribution in [0.15, 0.2) is 52.1 Å². The topological polar surface area (TPSA) is 58.8 Å². The van der Waals surface area contributed by atoms with Gasteiger partial charge in [-0.05, 0) is 43.3 Å². The van der Waals surface area contributed by atoms with Gasteiger partial charge in [-0.3, -0.25) is 4.99 Å². The lowest BCUT2D eigenvalue weighted by Crippen LogP contribution is -2.28. The molecule has 3 rings (SSSR count). The molecular formula is C15H17N3O2. The van der Waals surface area contributed by atoms with Crippen molar-refractivity contribution in [3.05, 3.63) is 48.4 Å². The normalized spacial score (nSPS) is 17.4. The molecule has 1 aromatic carbocycles. The molecule has 2 heterocycles. The average Bonchev–Trinajstić information content (AvgIpc) is 3.12. The highest BCUT2D eigenvalue weighted by Gasteiger charge is 2.21. The highest BCUT2D eigenvalue weighted by atomic mass is 16.5.